The van der Waals surface area contributed by atoms with Crippen LogP contribution in [0.15, 0.2) is 24.3 Å². The number of aromatic nitrogens is 2. The SMILES string of the molecule is CNc1nc(Nc2ccc(C(=O)OC)c(OC)c2)cc(C(F)(F)F)n1. The molecule has 0 saturated carbocycles. The highest BCUT2D eigenvalue weighted by atomic mass is 19.4. The molecule has 0 spiro atoms. The number of nitrogens with zero attached hydrogens (tertiary/aromatic N) is 2. The normalized spacial score (nSPS) is 11.0. The average Bonchev–Trinajstić information content (AvgIpc) is 2.59. The molecule has 1 aromatic carbocycles. The fourth-order valence-electron chi connectivity index (χ4n) is 1.96. The predicted octanol–water partition coefficient (Wildman–Crippen LogP) is 3.08. The summed E-state index contributed by atoms with van der Waals surface area (Å²) >= 11 is 0. The molecule has 0 aliphatic heterocycles. The van der Waals surface area contributed by atoms with E-state index in [0.717, 1.165) is 6.07 Å². The van der Waals surface area contributed by atoms with Crippen LogP contribution in [-0.4, -0.2) is 37.2 Å². The third-order valence-electron chi connectivity index (χ3n) is 3.12. The minimum absolute atomic E-state index is 0.0699. The zero-order valence-corrected chi connectivity index (χ0v) is 13.6. The maximum absolute atomic E-state index is 12.9. The van der Waals surface area contributed by atoms with E-state index in [2.05, 4.69) is 25.3 Å². The van der Waals surface area contributed by atoms with Crippen molar-refractivity contribution < 1.29 is 27.4 Å². The van der Waals surface area contributed by atoms with Crippen LogP contribution < -0.4 is 15.4 Å². The Morgan fingerprint density at radius 2 is 1.88 bits per heavy atom. The number of ether oxygens (including phenoxy) is 2. The Labute approximate surface area is 141 Å². The van der Waals surface area contributed by atoms with Crippen molar-refractivity contribution in [2.24, 2.45) is 0 Å². The number of anilines is 3. The quantitative estimate of drug-likeness (QED) is 0.796. The fourth-order valence-corrected chi connectivity index (χ4v) is 1.96. The molecule has 0 saturated heterocycles. The zero-order chi connectivity index (χ0) is 18.6. The number of carbonyl (C=O) groups excluding carboxylic acids is 1. The van der Waals surface area contributed by atoms with Crippen LogP contribution in [0.25, 0.3) is 0 Å². The molecule has 0 amide bonds. The van der Waals surface area contributed by atoms with Crippen LogP contribution in [-0.2, 0) is 10.9 Å². The topological polar surface area (TPSA) is 85.4 Å². The molecule has 0 radical (unpaired) electrons. The number of hydrogen-bond donors (Lipinski definition) is 2. The lowest BCUT2D eigenvalue weighted by molar-refractivity contribution is -0.141. The summed E-state index contributed by atoms with van der Waals surface area (Å²) in [6.07, 6.45) is -4.61. The van der Waals surface area contributed by atoms with Gasteiger partial charge in [-0.3, -0.25) is 0 Å². The molecular weight excluding hydrogens is 341 g/mol. The number of esters is 1. The van der Waals surface area contributed by atoms with E-state index in [0.29, 0.717) is 5.69 Å². The van der Waals surface area contributed by atoms with Gasteiger partial charge in [0, 0.05) is 24.9 Å². The summed E-state index contributed by atoms with van der Waals surface area (Å²) in [6.45, 7) is 0. The molecule has 2 aromatic rings. The molecule has 134 valence electrons. The van der Waals surface area contributed by atoms with Crippen LogP contribution in [0.1, 0.15) is 16.1 Å². The van der Waals surface area contributed by atoms with Crippen LogP contribution in [0.2, 0.25) is 0 Å². The molecule has 0 bridgehead atoms. The molecule has 0 fully saturated rings. The van der Waals surface area contributed by atoms with E-state index in [4.69, 9.17) is 4.74 Å². The van der Waals surface area contributed by atoms with E-state index in [-0.39, 0.29) is 23.1 Å². The molecule has 0 aliphatic rings. The lowest BCUT2D eigenvalue weighted by atomic mass is 10.2. The molecule has 10 heteroatoms. The summed E-state index contributed by atoms with van der Waals surface area (Å²) in [5, 5.41) is 5.20. The molecule has 1 aromatic heterocycles. The van der Waals surface area contributed by atoms with Crippen molar-refractivity contribution >= 4 is 23.4 Å². The van der Waals surface area contributed by atoms with E-state index in [1.807, 2.05) is 0 Å². The fraction of sp³-hybridized carbons (Fsp3) is 0.267. The molecule has 25 heavy (non-hydrogen) atoms. The van der Waals surface area contributed by atoms with Gasteiger partial charge in [0.15, 0.2) is 5.69 Å². The molecule has 0 aliphatic carbocycles. The number of benzene rings is 1. The first kappa shape index (κ1) is 18.3. The second kappa shape index (κ2) is 7.24. The Bertz CT molecular complexity index is 781. The molecule has 0 atom stereocenters. The number of alkyl halides is 3. The number of hydrogen-bond acceptors (Lipinski definition) is 7. The van der Waals surface area contributed by atoms with Crippen molar-refractivity contribution in [1.29, 1.82) is 0 Å². The van der Waals surface area contributed by atoms with E-state index in [9.17, 15) is 18.0 Å². The van der Waals surface area contributed by atoms with Crippen molar-refractivity contribution in [2.75, 3.05) is 31.9 Å². The van der Waals surface area contributed by atoms with Crippen LogP contribution >= 0.6 is 0 Å². The van der Waals surface area contributed by atoms with E-state index in [1.165, 1.54) is 39.5 Å². The van der Waals surface area contributed by atoms with E-state index >= 15 is 0 Å². The molecule has 2 N–H and O–H groups in total. The molecule has 1 heterocycles. The lowest BCUT2D eigenvalue weighted by Crippen LogP contribution is -2.12. The van der Waals surface area contributed by atoms with Crippen LogP contribution in [0.4, 0.5) is 30.6 Å². The van der Waals surface area contributed by atoms with Gasteiger partial charge in [-0.1, -0.05) is 0 Å². The van der Waals surface area contributed by atoms with Crippen LogP contribution in [0.5, 0.6) is 5.75 Å². The first-order valence-corrected chi connectivity index (χ1v) is 6.96. The Hall–Kier alpha value is -3.04. The molecular formula is C15H15F3N4O3. The number of methoxy groups -OCH3 is 2. The maximum Gasteiger partial charge on any atom is 0.433 e. The van der Waals surface area contributed by atoms with Crippen molar-refractivity contribution in [3.8, 4) is 5.75 Å². The van der Waals surface area contributed by atoms with Crippen LogP contribution in [0.3, 0.4) is 0 Å². The highest BCUT2D eigenvalue weighted by Gasteiger charge is 2.33. The monoisotopic (exact) mass is 356 g/mol. The largest absolute Gasteiger partial charge is 0.496 e. The molecule has 2 rings (SSSR count). The second-order valence-electron chi connectivity index (χ2n) is 4.74. The summed E-state index contributed by atoms with van der Waals surface area (Å²) < 4.78 is 48.4. The Kier molecular flexibility index (Phi) is 5.30. The zero-order valence-electron chi connectivity index (χ0n) is 13.6. The van der Waals surface area contributed by atoms with Crippen LogP contribution in [0, 0.1) is 0 Å². The maximum atomic E-state index is 12.9. The minimum atomic E-state index is -4.61. The van der Waals surface area contributed by atoms with Gasteiger partial charge in [0.2, 0.25) is 5.95 Å². The highest BCUT2D eigenvalue weighted by molar-refractivity contribution is 5.93. The van der Waals surface area contributed by atoms with Gasteiger partial charge in [-0.15, -0.1) is 0 Å². The van der Waals surface area contributed by atoms with Gasteiger partial charge < -0.3 is 20.1 Å². The summed E-state index contributed by atoms with van der Waals surface area (Å²) in [5.74, 6) is -0.645. The standard InChI is InChI=1S/C15H15F3N4O3/c1-19-14-21-11(15(16,17)18)7-12(22-14)20-8-4-5-9(13(23)25-3)10(6-8)24-2/h4-7H,1-3H3,(H2,19,20,21,22). The van der Waals surface area contributed by atoms with Crippen molar-refractivity contribution in [3.05, 3.63) is 35.5 Å². The van der Waals surface area contributed by atoms with Gasteiger partial charge in [-0.05, 0) is 12.1 Å². The van der Waals surface area contributed by atoms with Gasteiger partial charge in [0.25, 0.3) is 0 Å². The average molecular weight is 356 g/mol. The number of rotatable bonds is 5. The molecule has 0 unspecified atom stereocenters. The molecule has 7 nitrogen and oxygen atoms in total. The van der Waals surface area contributed by atoms with Gasteiger partial charge in [-0.25, -0.2) is 9.78 Å². The Morgan fingerprint density at radius 3 is 2.44 bits per heavy atom. The highest BCUT2D eigenvalue weighted by Crippen LogP contribution is 2.31. The summed E-state index contributed by atoms with van der Waals surface area (Å²) in [6, 6.07) is 5.14. The third-order valence-corrected chi connectivity index (χ3v) is 3.12. The van der Waals surface area contributed by atoms with E-state index < -0.39 is 17.8 Å². The summed E-state index contributed by atoms with van der Waals surface area (Å²) in [7, 11) is 4.00. The van der Waals surface area contributed by atoms with Gasteiger partial charge in [0.1, 0.15) is 17.1 Å². The number of nitrogens with one attached hydrogen (secondary N) is 2. The number of carbonyl (C=O) groups is 1. The van der Waals surface area contributed by atoms with Crippen molar-refractivity contribution in [2.45, 2.75) is 6.18 Å². The lowest BCUT2D eigenvalue weighted by Gasteiger charge is -2.13. The van der Waals surface area contributed by atoms with Crippen molar-refractivity contribution in [1.82, 2.24) is 9.97 Å². The first-order chi connectivity index (χ1) is 11.8. The predicted molar refractivity (Wildman–Crippen MR) is 84.2 cm³/mol. The Morgan fingerprint density at radius 1 is 1.16 bits per heavy atom. The minimum Gasteiger partial charge on any atom is -0.496 e. The Balaban J connectivity index is 2.38. The van der Waals surface area contributed by atoms with Gasteiger partial charge in [-0.2, -0.15) is 18.2 Å². The summed E-state index contributed by atoms with van der Waals surface area (Å²) in [4.78, 5) is 18.9. The number of halogens is 3. The smallest absolute Gasteiger partial charge is 0.433 e. The first-order valence-electron chi connectivity index (χ1n) is 6.96. The summed E-state index contributed by atoms with van der Waals surface area (Å²) in [5.41, 5.74) is -0.531. The van der Waals surface area contributed by atoms with Crippen molar-refractivity contribution in [3.63, 3.8) is 0 Å². The van der Waals surface area contributed by atoms with Gasteiger partial charge in [0.05, 0.1) is 14.2 Å². The second-order valence-corrected chi connectivity index (χ2v) is 4.74. The van der Waals surface area contributed by atoms with Gasteiger partial charge >= 0.3 is 12.1 Å². The third kappa shape index (κ3) is 4.28. The van der Waals surface area contributed by atoms with E-state index in [1.54, 1.807) is 0 Å².